The molecule has 0 amide bonds. The molecule has 0 aromatic rings. The van der Waals surface area contributed by atoms with Gasteiger partial charge in [-0.3, -0.25) is 19.2 Å². The van der Waals surface area contributed by atoms with Crippen LogP contribution in [0.25, 0.3) is 0 Å². The van der Waals surface area contributed by atoms with E-state index in [1.807, 2.05) is 20.8 Å². The Morgan fingerprint density at radius 2 is 1.59 bits per heavy atom. The Morgan fingerprint density at radius 1 is 0.949 bits per heavy atom. The average molecular weight is 543 g/mol. The number of esters is 3. The van der Waals surface area contributed by atoms with Gasteiger partial charge in [0.1, 0.15) is 0 Å². The Hall–Kier alpha value is -2.18. The van der Waals surface area contributed by atoms with Gasteiger partial charge in [0, 0.05) is 10.8 Å². The smallest absolute Gasteiger partial charge is 0.312 e. The molecule has 5 rings (SSSR count). The van der Waals surface area contributed by atoms with Crippen LogP contribution in [0.4, 0.5) is 0 Å². The molecule has 1 aliphatic heterocycles. The summed E-state index contributed by atoms with van der Waals surface area (Å²) in [5, 5.41) is 0. The molecule has 39 heavy (non-hydrogen) atoms. The van der Waals surface area contributed by atoms with E-state index in [1.165, 1.54) is 14.2 Å². The van der Waals surface area contributed by atoms with Gasteiger partial charge in [-0.05, 0) is 87.5 Å². The van der Waals surface area contributed by atoms with E-state index in [4.69, 9.17) is 14.2 Å². The zero-order valence-corrected chi connectivity index (χ0v) is 25.2. The summed E-state index contributed by atoms with van der Waals surface area (Å²) in [6, 6.07) is 0. The van der Waals surface area contributed by atoms with Gasteiger partial charge in [0.2, 0.25) is 5.78 Å². The van der Waals surface area contributed by atoms with Gasteiger partial charge >= 0.3 is 17.9 Å². The van der Waals surface area contributed by atoms with Crippen LogP contribution in [0.2, 0.25) is 0 Å². The molecule has 4 aliphatic carbocycles. The maximum Gasteiger partial charge on any atom is 0.312 e. The van der Waals surface area contributed by atoms with Crippen molar-refractivity contribution in [2.45, 2.75) is 105 Å². The van der Waals surface area contributed by atoms with E-state index < -0.39 is 32.7 Å². The van der Waals surface area contributed by atoms with Gasteiger partial charge in [-0.2, -0.15) is 0 Å². The molecule has 0 aromatic carbocycles. The molecule has 7 nitrogen and oxygen atoms in total. The highest BCUT2D eigenvalue weighted by atomic mass is 16.6. The maximum atomic E-state index is 14.7. The summed E-state index contributed by atoms with van der Waals surface area (Å²) in [4.78, 5) is 54.4. The Morgan fingerprint density at radius 3 is 2.21 bits per heavy atom. The van der Waals surface area contributed by atoms with E-state index in [1.54, 1.807) is 6.08 Å². The van der Waals surface area contributed by atoms with Crippen LogP contribution in [-0.2, 0) is 33.4 Å². The highest BCUT2D eigenvalue weighted by molar-refractivity contribution is 6.04. The van der Waals surface area contributed by atoms with Crippen molar-refractivity contribution in [1.29, 1.82) is 0 Å². The zero-order valence-electron chi connectivity index (χ0n) is 25.2. The molecular formula is C32H46O7. The molecule has 7 heteroatoms. The first-order chi connectivity index (χ1) is 17.9. The molecule has 4 fully saturated rings. The van der Waals surface area contributed by atoms with Crippen LogP contribution in [-0.4, -0.2) is 43.5 Å². The predicted octanol–water partition coefficient (Wildman–Crippen LogP) is 5.59. The quantitative estimate of drug-likeness (QED) is 0.339. The highest BCUT2D eigenvalue weighted by Crippen LogP contribution is 2.77. The van der Waals surface area contributed by atoms with Gasteiger partial charge in [-0.1, -0.05) is 40.2 Å². The molecule has 0 unspecified atom stereocenters. The molecule has 1 saturated heterocycles. The average Bonchev–Trinajstić information content (AvgIpc) is 3.15. The monoisotopic (exact) mass is 542 g/mol. The SMILES string of the molecule is COC(=O)C(C)(C)[C@@H]1CC[C@]2(C)[C@]3(OC(=O)C[C@@]13C)C(=O)C=C1[C@@H]3CC(C)(C)CC[C@]3(C(=O)OC)CC[C@]12C. The van der Waals surface area contributed by atoms with Crippen molar-refractivity contribution < 1.29 is 33.4 Å². The van der Waals surface area contributed by atoms with Gasteiger partial charge in [0.15, 0.2) is 5.60 Å². The molecule has 5 aliphatic rings. The lowest BCUT2D eigenvalue weighted by atomic mass is 9.33. The second-order valence-corrected chi connectivity index (χ2v) is 15.3. The van der Waals surface area contributed by atoms with Crippen LogP contribution >= 0.6 is 0 Å². The Kier molecular flexibility index (Phi) is 5.95. The first-order valence-electron chi connectivity index (χ1n) is 14.6. The molecule has 0 radical (unpaired) electrons. The minimum atomic E-state index is -1.39. The van der Waals surface area contributed by atoms with Crippen LogP contribution in [0.1, 0.15) is 99.8 Å². The number of carbonyl (C=O) groups excluding carboxylic acids is 4. The number of carbonyl (C=O) groups is 4. The van der Waals surface area contributed by atoms with Crippen LogP contribution in [0.5, 0.6) is 0 Å². The number of allylic oxidation sites excluding steroid dienone is 1. The fourth-order valence-electron chi connectivity index (χ4n) is 10.6. The van der Waals surface area contributed by atoms with Gasteiger partial charge in [-0.15, -0.1) is 0 Å². The van der Waals surface area contributed by atoms with Gasteiger partial charge in [0.05, 0.1) is 31.5 Å². The lowest BCUT2D eigenvalue weighted by Crippen LogP contribution is -2.74. The summed E-state index contributed by atoms with van der Waals surface area (Å²) in [6.07, 6.45) is 6.99. The van der Waals surface area contributed by atoms with Gasteiger partial charge in [-0.25, -0.2) is 0 Å². The largest absolute Gasteiger partial charge is 0.469 e. The maximum absolute atomic E-state index is 14.7. The summed E-state index contributed by atoms with van der Waals surface area (Å²) < 4.78 is 16.9. The zero-order chi connectivity index (χ0) is 29.0. The molecular weight excluding hydrogens is 496 g/mol. The minimum absolute atomic E-state index is 0.0247. The molecule has 1 heterocycles. The third-order valence-corrected chi connectivity index (χ3v) is 12.8. The van der Waals surface area contributed by atoms with Crippen LogP contribution in [0.15, 0.2) is 11.6 Å². The highest BCUT2D eigenvalue weighted by Gasteiger charge is 2.81. The van der Waals surface area contributed by atoms with E-state index in [9.17, 15) is 19.2 Å². The summed E-state index contributed by atoms with van der Waals surface area (Å²) >= 11 is 0. The summed E-state index contributed by atoms with van der Waals surface area (Å²) in [6.45, 7) is 14.5. The Balaban J connectivity index is 1.73. The third-order valence-electron chi connectivity index (χ3n) is 12.8. The first-order valence-corrected chi connectivity index (χ1v) is 14.6. The van der Waals surface area contributed by atoms with Crippen molar-refractivity contribution in [3.63, 3.8) is 0 Å². The third kappa shape index (κ3) is 3.16. The van der Waals surface area contributed by atoms with E-state index in [-0.39, 0.29) is 47.4 Å². The number of ether oxygens (including phenoxy) is 3. The van der Waals surface area contributed by atoms with E-state index in [0.29, 0.717) is 25.7 Å². The van der Waals surface area contributed by atoms with Crippen LogP contribution in [0.3, 0.4) is 0 Å². The van der Waals surface area contributed by atoms with Crippen molar-refractivity contribution in [2.24, 2.45) is 44.3 Å². The van der Waals surface area contributed by atoms with E-state index in [0.717, 1.165) is 24.8 Å². The fraction of sp³-hybridized carbons (Fsp3) is 0.812. The predicted molar refractivity (Wildman–Crippen MR) is 144 cm³/mol. The number of rotatable bonds is 3. The van der Waals surface area contributed by atoms with Crippen LogP contribution in [0, 0.1) is 44.3 Å². The summed E-state index contributed by atoms with van der Waals surface area (Å²) in [5.74, 6) is -1.50. The van der Waals surface area contributed by atoms with Crippen molar-refractivity contribution in [2.75, 3.05) is 14.2 Å². The lowest BCUT2D eigenvalue weighted by Gasteiger charge is -2.70. The number of hydrogen-bond donors (Lipinski definition) is 0. The molecule has 1 spiro atoms. The normalized spacial score (nSPS) is 44.6. The van der Waals surface area contributed by atoms with E-state index in [2.05, 4.69) is 27.7 Å². The van der Waals surface area contributed by atoms with Gasteiger partial charge < -0.3 is 14.2 Å². The molecule has 216 valence electrons. The van der Waals surface area contributed by atoms with E-state index >= 15 is 0 Å². The standard InChI is InChI=1S/C32H46O7/c1-26(2)12-14-31(25(36)38-9)15-13-28(5)19(20(31)17-26)16-22(33)32-29(6,18-23(34)39-32)21(10-11-30(28,32)7)27(3,4)24(35)37-8/h16,20-21H,10-15,17-18H2,1-9H3/t20-,21-,28+,29-,30-,31-,32-/m0/s1. The molecule has 3 saturated carbocycles. The second-order valence-electron chi connectivity index (χ2n) is 15.3. The van der Waals surface area contributed by atoms with Gasteiger partial charge in [0.25, 0.3) is 0 Å². The van der Waals surface area contributed by atoms with Crippen molar-refractivity contribution in [3.8, 4) is 0 Å². The molecule has 0 bridgehead atoms. The molecule has 0 aromatic heterocycles. The Bertz CT molecular complexity index is 1180. The number of hydrogen-bond acceptors (Lipinski definition) is 7. The Labute approximate surface area is 232 Å². The van der Waals surface area contributed by atoms with Crippen LogP contribution < -0.4 is 0 Å². The van der Waals surface area contributed by atoms with Crippen molar-refractivity contribution >= 4 is 23.7 Å². The summed E-state index contributed by atoms with van der Waals surface area (Å²) in [7, 11) is 2.85. The number of ketones is 1. The second kappa shape index (κ2) is 8.19. The fourth-order valence-corrected chi connectivity index (χ4v) is 10.6. The van der Waals surface area contributed by atoms with Crippen molar-refractivity contribution in [3.05, 3.63) is 11.6 Å². The topological polar surface area (TPSA) is 96.0 Å². The minimum Gasteiger partial charge on any atom is -0.469 e. The lowest BCUT2D eigenvalue weighted by molar-refractivity contribution is -0.240. The summed E-state index contributed by atoms with van der Waals surface area (Å²) in [5.41, 5.74) is -3.94. The molecule has 7 atom stereocenters. The number of fused-ring (bicyclic) bond motifs is 4. The first kappa shape index (κ1) is 28.4. The van der Waals surface area contributed by atoms with Crippen molar-refractivity contribution in [1.82, 2.24) is 0 Å². The number of methoxy groups -OCH3 is 2. The molecule has 0 N–H and O–H groups in total.